The third-order valence-electron chi connectivity index (χ3n) is 19.8. The van der Waals surface area contributed by atoms with Crippen molar-refractivity contribution in [1.82, 2.24) is 73.8 Å². The number of aliphatic hydroxyl groups excluding tert-OH is 3. The number of methoxy groups -OCH3 is 3. The number of ether oxygens (including phenoxy) is 9. The molecule has 21 atom stereocenters. The largest absolute Gasteiger partial charge is 0.479 e. The van der Waals surface area contributed by atoms with Crippen LogP contribution in [0, 0.1) is 0 Å². The predicted molar refractivity (Wildman–Crippen MR) is 422 cm³/mol. The molecule has 0 amide bonds. The van der Waals surface area contributed by atoms with Crippen LogP contribution in [0.5, 0.6) is 17.6 Å². The minimum atomic E-state index is -3.53. The Morgan fingerprint density at radius 1 is 0.462 bits per heavy atom. The predicted octanol–water partition coefficient (Wildman–Crippen LogP) is 4.68. The number of imidazole rings is 3. The zero-order chi connectivity index (χ0) is 83.8. The minimum Gasteiger partial charge on any atom is -0.479 e. The van der Waals surface area contributed by atoms with Crippen molar-refractivity contribution in [2.45, 2.75) is 150 Å². The molecule has 15 N–H and O–H groups in total. The molecule has 630 valence electrons. The fraction of sp³-hybridized carbons (Fsp3) is 0.478. The molecule has 6 saturated heterocycles. The Labute approximate surface area is 678 Å². The van der Waals surface area contributed by atoms with Gasteiger partial charge in [-0.3, -0.25) is 41.8 Å². The van der Waals surface area contributed by atoms with E-state index in [-0.39, 0.29) is 106 Å². The number of anilines is 3. The molecular formula is C69H87N18O24P3S3. The minimum absolute atomic E-state index is 0.0761. The molecule has 15 rings (SSSR count). The van der Waals surface area contributed by atoms with Crippen molar-refractivity contribution in [2.24, 2.45) is 0 Å². The van der Waals surface area contributed by atoms with Crippen LogP contribution in [0.3, 0.4) is 0 Å². The molecule has 6 aliphatic heterocycles. The summed E-state index contributed by atoms with van der Waals surface area (Å²) in [6, 6.07) is 25.3. The molecule has 0 aliphatic carbocycles. The second kappa shape index (κ2) is 35.2. The first-order chi connectivity index (χ1) is 55.6. The number of aromatic nitrogens is 12. The lowest BCUT2D eigenvalue weighted by atomic mass is 9.96. The topological polar surface area (TPSA) is 580 Å². The van der Waals surface area contributed by atoms with Crippen molar-refractivity contribution in [1.29, 1.82) is 0 Å². The molecule has 12 heterocycles. The number of nitrogen functional groups attached to an aromatic ring is 3. The molecule has 48 heteroatoms. The van der Waals surface area contributed by atoms with E-state index in [1.54, 1.807) is 20.8 Å². The molecule has 42 nitrogen and oxygen atoms in total. The maximum absolute atomic E-state index is 13.3. The van der Waals surface area contributed by atoms with E-state index in [0.717, 1.165) is 50.8 Å². The highest BCUT2D eigenvalue weighted by molar-refractivity contribution is 8.57. The van der Waals surface area contributed by atoms with E-state index < -0.39 is 147 Å². The Kier molecular flexibility index (Phi) is 26.0. The number of esters is 3. The van der Waals surface area contributed by atoms with Gasteiger partial charge in [-0.05, 0) is 58.2 Å². The second-order valence-corrected chi connectivity index (χ2v) is 41.1. The van der Waals surface area contributed by atoms with Gasteiger partial charge < -0.3 is 104 Å². The van der Waals surface area contributed by atoms with Crippen LogP contribution in [-0.2, 0) is 70.1 Å². The van der Waals surface area contributed by atoms with E-state index in [2.05, 4.69) is 60.1 Å². The summed E-state index contributed by atoms with van der Waals surface area (Å²) in [5.41, 5.74) is 16.0. The monoisotopic (exact) mass is 1740 g/mol. The van der Waals surface area contributed by atoms with E-state index in [1.165, 1.54) is 74.8 Å². The molecule has 6 aromatic heterocycles. The molecule has 117 heavy (non-hydrogen) atoms. The molecule has 6 fully saturated rings. The molecule has 3 aromatic carbocycles. The van der Waals surface area contributed by atoms with Gasteiger partial charge in [0.25, 0.3) is 0 Å². The van der Waals surface area contributed by atoms with Gasteiger partial charge in [0, 0.05) is 17.3 Å². The standard InChI is InChI=1S/3C23H29N6O8PS/c3*1-12(13-7-5-4-6-8-13)36-20(31)14-10-39-38(33,28-14)35-9-15-17(30)23(2,32)21(37-15)29-11-25-16-18(29)26-22(24)27-19(16)34-3/h3*4-8,11-12,14-15,17,21,30,32H,9-10H2,1-3H3,(H,28,33)(H2,24,26,27)/t12-,14-,15?,17+,21+,23+,38?;12-,14-,15?,17+,21+,23+,38+;12-,14-,15?,17+,21+,23+,38-/m000/s1. The highest BCUT2D eigenvalue weighted by Crippen LogP contribution is 2.63. The van der Waals surface area contributed by atoms with Crippen LogP contribution < -0.4 is 46.7 Å². The van der Waals surface area contributed by atoms with Crippen molar-refractivity contribution in [3.63, 3.8) is 0 Å². The van der Waals surface area contributed by atoms with E-state index in [1.807, 2.05) is 91.0 Å². The number of nitrogens with one attached hydrogen (secondary N) is 3. The van der Waals surface area contributed by atoms with Crippen LogP contribution in [0.1, 0.15) is 95.2 Å². The van der Waals surface area contributed by atoms with Crippen LogP contribution in [-0.4, -0.2) is 237 Å². The summed E-state index contributed by atoms with van der Waals surface area (Å²) in [6.07, 6.45) is -8.26. The van der Waals surface area contributed by atoms with E-state index in [4.69, 9.17) is 73.4 Å². The van der Waals surface area contributed by atoms with Crippen LogP contribution in [0.15, 0.2) is 110 Å². The Bertz CT molecular complexity index is 4730. The number of carbonyl (C=O) groups excluding carboxylic acids is 3. The number of hydrogen-bond acceptors (Lipinski definition) is 39. The average Bonchev–Trinajstić information content (AvgIpc) is 1.60. The highest BCUT2D eigenvalue weighted by atomic mass is 32.7. The summed E-state index contributed by atoms with van der Waals surface area (Å²) in [4.78, 5) is 75.1. The van der Waals surface area contributed by atoms with Gasteiger partial charge >= 0.3 is 38.1 Å². The van der Waals surface area contributed by atoms with Gasteiger partial charge in [0.05, 0.1) is 60.1 Å². The Balaban J connectivity index is 0.000000152. The highest BCUT2D eigenvalue weighted by Gasteiger charge is 2.58. The maximum atomic E-state index is 13.3. The summed E-state index contributed by atoms with van der Waals surface area (Å²) < 4.78 is 111. The summed E-state index contributed by atoms with van der Waals surface area (Å²) >= 11 is 2.87. The lowest BCUT2D eigenvalue weighted by Crippen LogP contribution is -2.44. The van der Waals surface area contributed by atoms with E-state index in [0.29, 0.717) is 0 Å². The first kappa shape index (κ1) is 86.5. The average molecular weight is 1740 g/mol. The quantitative estimate of drug-likeness (QED) is 0.0222. The van der Waals surface area contributed by atoms with Crippen LogP contribution in [0.25, 0.3) is 33.5 Å². The van der Waals surface area contributed by atoms with Crippen molar-refractivity contribution >= 4 is 124 Å². The van der Waals surface area contributed by atoms with Crippen LogP contribution >= 0.6 is 54.3 Å². The van der Waals surface area contributed by atoms with Gasteiger partial charge in [-0.25, -0.2) is 30.2 Å². The van der Waals surface area contributed by atoms with E-state index >= 15 is 0 Å². The molecule has 9 aromatic rings. The molecular weight excluding hydrogens is 1650 g/mol. The SMILES string of the molecule is COc1nc(N)nc2c1ncn2[C@@H]1OC(COP2(=O)N[C@H](C(=O)O[C@@H](C)c3ccccc3)CS2)[C@@H](O)[C@@]1(C)O.COc1nc(N)nc2c1ncn2[C@@H]1OC(CO[P@@]2(=O)N[C@H](C(=O)O[C@@H](C)c3ccccc3)CS2)[C@@H](O)[C@@]1(C)O.COc1nc(N)nc2c1ncn2[C@@H]1OC(CO[P@]2(=O)N[C@H](C(=O)O[C@@H](C)c3ccccc3)CS2)[C@@H](O)[C@@]1(C)O. The molecule has 4 unspecified atom stereocenters. The fourth-order valence-corrected chi connectivity index (χ4v) is 25.0. The smallest absolute Gasteiger partial charge is 0.327 e. The summed E-state index contributed by atoms with van der Waals surface area (Å²) in [5, 5.41) is 74.2. The number of aliphatic hydroxyl groups is 6. The maximum Gasteiger partial charge on any atom is 0.327 e. The third-order valence-corrected chi connectivity index (χ3v) is 31.9. The summed E-state index contributed by atoms with van der Waals surface area (Å²) in [6.45, 7) is -2.16. The van der Waals surface area contributed by atoms with Crippen molar-refractivity contribution in [3.05, 3.63) is 127 Å². The summed E-state index contributed by atoms with van der Waals surface area (Å²) in [5.74, 6) is -0.929. The molecule has 0 spiro atoms. The number of carbonyl (C=O) groups is 3. The lowest BCUT2D eigenvalue weighted by Gasteiger charge is -2.27. The van der Waals surface area contributed by atoms with Gasteiger partial charge in [-0.2, -0.15) is 29.9 Å². The van der Waals surface area contributed by atoms with Gasteiger partial charge in [0.2, 0.25) is 35.5 Å². The third kappa shape index (κ3) is 18.4. The zero-order valence-corrected chi connectivity index (χ0v) is 69.1. The molecule has 6 aliphatic rings. The van der Waals surface area contributed by atoms with Crippen molar-refractivity contribution in [3.8, 4) is 17.6 Å². The van der Waals surface area contributed by atoms with Crippen LogP contribution in [0.4, 0.5) is 17.8 Å². The van der Waals surface area contributed by atoms with Crippen LogP contribution in [0.2, 0.25) is 0 Å². The Morgan fingerprint density at radius 2 is 0.709 bits per heavy atom. The second-order valence-electron chi connectivity index (χ2n) is 28.1. The zero-order valence-electron chi connectivity index (χ0n) is 64.0. The van der Waals surface area contributed by atoms with E-state index in [9.17, 15) is 58.7 Å². The van der Waals surface area contributed by atoms with Crippen molar-refractivity contribution < 1.29 is 115 Å². The number of fused-ring (bicyclic) bond motifs is 3. The normalized spacial score (nSPS) is 31.4. The van der Waals surface area contributed by atoms with Gasteiger partial charge in [-0.15, -0.1) is 0 Å². The Hall–Kier alpha value is -8.34. The number of nitrogens with zero attached hydrogens (tertiary/aromatic N) is 12. The molecule has 0 saturated carbocycles. The number of rotatable bonds is 24. The fourth-order valence-electron chi connectivity index (χ4n) is 13.4. The Morgan fingerprint density at radius 3 is 0.949 bits per heavy atom. The first-order valence-electron chi connectivity index (χ1n) is 36.1. The molecule has 0 radical (unpaired) electrons. The van der Waals surface area contributed by atoms with Gasteiger partial charge in [0.15, 0.2) is 52.2 Å². The van der Waals surface area contributed by atoms with Crippen molar-refractivity contribution in [2.75, 3.05) is 75.6 Å². The van der Waals surface area contributed by atoms with Gasteiger partial charge in [0.1, 0.15) is 89.9 Å². The number of benzene rings is 3. The summed E-state index contributed by atoms with van der Waals surface area (Å²) in [7, 11) is 4.22. The number of nitrogens with two attached hydrogens (primary N) is 3. The van der Waals surface area contributed by atoms with Gasteiger partial charge in [-0.1, -0.05) is 125 Å². The molecule has 0 bridgehead atoms. The first-order valence-corrected chi connectivity index (χ1v) is 45.8. The lowest BCUT2D eigenvalue weighted by molar-refractivity contribution is -0.150. The number of hydrogen-bond donors (Lipinski definition) is 12.